The number of ketones is 1. The molecule has 4 heteroatoms. The average Bonchev–Trinajstić information content (AvgIpc) is 2.16. The second kappa shape index (κ2) is 5.21. The number of carbonyl (C=O) groups is 1. The van der Waals surface area contributed by atoms with Crippen LogP contribution in [0.5, 0.6) is 0 Å². The molecular weight excluding hydrogens is 222 g/mol. The molecule has 0 N–H and O–H groups in total. The summed E-state index contributed by atoms with van der Waals surface area (Å²) in [4.78, 5) is 10.8. The summed E-state index contributed by atoms with van der Waals surface area (Å²) in [5.41, 5.74) is 0.939. The molecule has 1 rings (SSSR count). The highest BCUT2D eigenvalue weighted by Crippen LogP contribution is 2.25. The minimum Gasteiger partial charge on any atom is -0.300 e. The predicted molar refractivity (Wildman–Crippen MR) is 55.3 cm³/mol. The van der Waals surface area contributed by atoms with Crippen molar-refractivity contribution in [3.63, 3.8) is 0 Å². The number of carbonyl (C=O) groups excluding carboxylic acids is 1. The Bertz CT molecular complexity index is 364. The van der Waals surface area contributed by atoms with Crippen molar-refractivity contribution in [1.82, 2.24) is 0 Å². The van der Waals surface area contributed by atoms with E-state index in [-0.39, 0.29) is 23.6 Å². The van der Waals surface area contributed by atoms with Crippen molar-refractivity contribution in [2.24, 2.45) is 0 Å². The van der Waals surface area contributed by atoms with Crippen LogP contribution in [-0.4, -0.2) is 5.78 Å². The lowest BCUT2D eigenvalue weighted by Gasteiger charge is -2.08. The van der Waals surface area contributed by atoms with Crippen LogP contribution in [0.3, 0.4) is 0 Å². The van der Waals surface area contributed by atoms with Crippen LogP contribution in [0.4, 0.5) is 8.78 Å². The highest BCUT2D eigenvalue weighted by atomic mass is 35.5. The van der Waals surface area contributed by atoms with E-state index in [2.05, 4.69) is 0 Å². The molecule has 0 aliphatic heterocycles. The van der Waals surface area contributed by atoms with Gasteiger partial charge in [-0.1, -0.05) is 12.1 Å². The van der Waals surface area contributed by atoms with Gasteiger partial charge >= 0.3 is 0 Å². The summed E-state index contributed by atoms with van der Waals surface area (Å²) in [6.45, 7) is 1.43. The lowest BCUT2D eigenvalue weighted by Crippen LogP contribution is -2.00. The van der Waals surface area contributed by atoms with E-state index in [9.17, 15) is 13.6 Å². The highest BCUT2D eigenvalue weighted by Gasteiger charge is 2.13. The molecule has 0 aliphatic carbocycles. The van der Waals surface area contributed by atoms with Gasteiger partial charge in [0.05, 0.1) is 0 Å². The lowest BCUT2D eigenvalue weighted by atomic mass is 10.0. The Balaban J connectivity index is 3.04. The van der Waals surface area contributed by atoms with E-state index in [1.807, 2.05) is 0 Å². The van der Waals surface area contributed by atoms with Gasteiger partial charge in [0.1, 0.15) is 5.78 Å². The number of benzene rings is 1. The first-order chi connectivity index (χ1) is 7.04. The Morgan fingerprint density at radius 2 is 2.13 bits per heavy atom. The third kappa shape index (κ3) is 3.27. The van der Waals surface area contributed by atoms with E-state index >= 15 is 0 Å². The van der Waals surface area contributed by atoms with Crippen molar-refractivity contribution in [2.75, 3.05) is 0 Å². The van der Waals surface area contributed by atoms with Gasteiger partial charge < -0.3 is 0 Å². The summed E-state index contributed by atoms with van der Waals surface area (Å²) in [5, 5.41) is 0. The van der Waals surface area contributed by atoms with Crippen LogP contribution in [0.25, 0.3) is 0 Å². The van der Waals surface area contributed by atoms with Gasteiger partial charge in [-0.15, -0.1) is 11.6 Å². The molecule has 1 nitrogen and oxygen atoms in total. The maximum atomic E-state index is 12.6. The second-order valence-corrected chi connectivity index (χ2v) is 3.61. The van der Waals surface area contributed by atoms with E-state index in [0.717, 1.165) is 0 Å². The molecule has 0 heterocycles. The van der Waals surface area contributed by atoms with E-state index in [0.29, 0.717) is 11.1 Å². The Hall–Kier alpha value is -0.960. The first-order valence-corrected chi connectivity index (χ1v) is 5.03. The van der Waals surface area contributed by atoms with Crippen LogP contribution in [0.1, 0.15) is 30.0 Å². The molecule has 1 aromatic rings. The van der Waals surface area contributed by atoms with Gasteiger partial charge in [-0.2, -0.15) is 0 Å². The van der Waals surface area contributed by atoms with Crippen LogP contribution >= 0.6 is 11.6 Å². The molecule has 0 unspecified atom stereocenters. The van der Waals surface area contributed by atoms with Gasteiger partial charge in [-0.3, -0.25) is 4.79 Å². The third-order valence-electron chi connectivity index (χ3n) is 2.04. The molecular formula is C11H11ClF2O. The van der Waals surface area contributed by atoms with Crippen LogP contribution < -0.4 is 0 Å². The zero-order valence-electron chi connectivity index (χ0n) is 8.27. The number of alkyl halides is 3. The summed E-state index contributed by atoms with van der Waals surface area (Å²) in [7, 11) is 0. The fourth-order valence-corrected chi connectivity index (χ4v) is 1.61. The zero-order valence-corrected chi connectivity index (χ0v) is 9.02. The minimum atomic E-state index is -2.55. The lowest BCUT2D eigenvalue weighted by molar-refractivity contribution is -0.116. The van der Waals surface area contributed by atoms with Crippen molar-refractivity contribution in [3.8, 4) is 0 Å². The quantitative estimate of drug-likeness (QED) is 0.727. The van der Waals surface area contributed by atoms with Crippen molar-refractivity contribution >= 4 is 17.4 Å². The predicted octanol–water partition coefficient (Wildman–Crippen LogP) is 3.49. The van der Waals surface area contributed by atoms with E-state index in [1.165, 1.54) is 13.0 Å². The Morgan fingerprint density at radius 1 is 1.47 bits per heavy atom. The fraction of sp³-hybridized carbons (Fsp3) is 0.364. The van der Waals surface area contributed by atoms with E-state index in [1.54, 1.807) is 12.1 Å². The summed E-state index contributed by atoms with van der Waals surface area (Å²) in [6.07, 6.45) is -2.37. The normalized spacial score (nSPS) is 10.7. The maximum absolute atomic E-state index is 12.6. The molecule has 0 atom stereocenters. The second-order valence-electron chi connectivity index (χ2n) is 3.35. The Kier molecular flexibility index (Phi) is 4.21. The summed E-state index contributed by atoms with van der Waals surface area (Å²) in [6, 6.07) is 4.56. The molecule has 0 amide bonds. The van der Waals surface area contributed by atoms with Crippen LogP contribution in [0.15, 0.2) is 18.2 Å². The average molecular weight is 233 g/mol. The largest absolute Gasteiger partial charge is 0.300 e. The first kappa shape index (κ1) is 12.1. The number of hydrogen-bond acceptors (Lipinski definition) is 1. The highest BCUT2D eigenvalue weighted by molar-refractivity contribution is 6.17. The van der Waals surface area contributed by atoms with Crippen LogP contribution in [0, 0.1) is 0 Å². The molecule has 0 saturated heterocycles. The molecule has 0 spiro atoms. The van der Waals surface area contributed by atoms with Gasteiger partial charge in [-0.05, 0) is 24.1 Å². The fourth-order valence-electron chi connectivity index (χ4n) is 1.37. The summed E-state index contributed by atoms with van der Waals surface area (Å²) >= 11 is 5.53. The molecule has 15 heavy (non-hydrogen) atoms. The first-order valence-electron chi connectivity index (χ1n) is 4.50. The number of hydrogen-bond donors (Lipinski definition) is 0. The Morgan fingerprint density at radius 3 is 2.60 bits per heavy atom. The van der Waals surface area contributed by atoms with Crippen LogP contribution in [-0.2, 0) is 17.1 Å². The molecule has 0 aromatic heterocycles. The van der Waals surface area contributed by atoms with E-state index < -0.39 is 6.43 Å². The summed E-state index contributed by atoms with van der Waals surface area (Å²) in [5.74, 6) is 0.00821. The molecule has 0 saturated carbocycles. The van der Waals surface area contributed by atoms with Crippen LogP contribution in [0.2, 0.25) is 0 Å². The van der Waals surface area contributed by atoms with Gasteiger partial charge in [0.2, 0.25) is 0 Å². The molecule has 0 fully saturated rings. The molecule has 0 bridgehead atoms. The zero-order chi connectivity index (χ0) is 11.4. The molecule has 1 aromatic carbocycles. The molecule has 82 valence electrons. The van der Waals surface area contributed by atoms with Gasteiger partial charge in [0.25, 0.3) is 6.43 Å². The number of Topliss-reactive ketones (excluding diaryl/α,β-unsaturated/α-hetero) is 1. The van der Waals surface area contributed by atoms with Crippen molar-refractivity contribution in [1.29, 1.82) is 0 Å². The topological polar surface area (TPSA) is 17.1 Å². The standard InChI is InChI=1S/C11H11ClF2O/c1-7(15)4-8-2-3-9(6-12)10(5-8)11(13)14/h2-3,5,11H,4,6H2,1H3. The van der Waals surface area contributed by atoms with Gasteiger partial charge in [0.15, 0.2) is 0 Å². The number of rotatable bonds is 4. The van der Waals surface area contributed by atoms with Crippen molar-refractivity contribution in [2.45, 2.75) is 25.7 Å². The van der Waals surface area contributed by atoms with Gasteiger partial charge in [0, 0.05) is 17.9 Å². The minimum absolute atomic E-state index is 0.0474. The number of halogens is 3. The third-order valence-corrected chi connectivity index (χ3v) is 2.33. The Labute approximate surface area is 92.1 Å². The van der Waals surface area contributed by atoms with Crippen molar-refractivity contribution < 1.29 is 13.6 Å². The SMILES string of the molecule is CC(=O)Cc1ccc(CCl)c(C(F)F)c1. The maximum Gasteiger partial charge on any atom is 0.264 e. The molecule has 0 aliphatic rings. The van der Waals surface area contributed by atoms with Crippen molar-refractivity contribution in [3.05, 3.63) is 34.9 Å². The van der Waals surface area contributed by atoms with E-state index in [4.69, 9.17) is 11.6 Å². The van der Waals surface area contributed by atoms with Gasteiger partial charge in [-0.25, -0.2) is 8.78 Å². The smallest absolute Gasteiger partial charge is 0.264 e. The monoisotopic (exact) mass is 232 g/mol. The molecule has 0 radical (unpaired) electrons. The summed E-state index contributed by atoms with van der Waals surface area (Å²) < 4.78 is 25.2.